The van der Waals surface area contributed by atoms with Crippen LogP contribution in [0.4, 0.5) is 18.9 Å². The lowest BCUT2D eigenvalue weighted by atomic mass is 10.1. The average molecular weight is 300 g/mol. The number of alkyl halides is 3. The third-order valence-electron chi connectivity index (χ3n) is 3.20. The summed E-state index contributed by atoms with van der Waals surface area (Å²) < 4.78 is 38.0. The highest BCUT2D eigenvalue weighted by Crippen LogP contribution is 2.35. The Hall–Kier alpha value is -1.35. The molecule has 108 valence electrons. The first-order valence-electron chi connectivity index (χ1n) is 6.33. The molecular formula is C14H15F3N2S. The number of rotatable bonds is 1. The van der Waals surface area contributed by atoms with Crippen LogP contribution in [0, 0.1) is 11.3 Å². The lowest BCUT2D eigenvalue weighted by Crippen LogP contribution is -2.40. The summed E-state index contributed by atoms with van der Waals surface area (Å²) in [6.45, 7) is 5.66. The molecule has 1 aliphatic heterocycles. The van der Waals surface area contributed by atoms with Crippen molar-refractivity contribution in [1.29, 1.82) is 5.26 Å². The van der Waals surface area contributed by atoms with Crippen LogP contribution in [0.5, 0.6) is 0 Å². The number of thioether (sulfide) groups is 1. The molecule has 0 aromatic heterocycles. The number of nitriles is 1. The second-order valence-corrected chi connectivity index (χ2v) is 6.89. The Morgan fingerprint density at radius 1 is 1.25 bits per heavy atom. The van der Waals surface area contributed by atoms with Crippen molar-refractivity contribution in [2.45, 2.75) is 30.5 Å². The first-order valence-corrected chi connectivity index (χ1v) is 7.27. The van der Waals surface area contributed by atoms with Crippen LogP contribution in [0.15, 0.2) is 18.2 Å². The van der Waals surface area contributed by atoms with Crippen LogP contribution in [0.25, 0.3) is 0 Å². The molecule has 1 heterocycles. The van der Waals surface area contributed by atoms with Crippen LogP contribution < -0.4 is 4.90 Å². The molecule has 2 nitrogen and oxygen atoms in total. The second-order valence-electron chi connectivity index (χ2n) is 5.00. The van der Waals surface area contributed by atoms with Gasteiger partial charge in [0.15, 0.2) is 0 Å². The quantitative estimate of drug-likeness (QED) is 0.787. The zero-order valence-corrected chi connectivity index (χ0v) is 12.1. The van der Waals surface area contributed by atoms with Gasteiger partial charge in [0.1, 0.15) is 6.07 Å². The van der Waals surface area contributed by atoms with Gasteiger partial charge >= 0.3 is 6.18 Å². The van der Waals surface area contributed by atoms with Crippen molar-refractivity contribution < 1.29 is 13.2 Å². The molecule has 0 amide bonds. The van der Waals surface area contributed by atoms with E-state index in [0.717, 1.165) is 25.2 Å². The van der Waals surface area contributed by atoms with Gasteiger partial charge in [-0.2, -0.15) is 30.2 Å². The highest BCUT2D eigenvalue weighted by Gasteiger charge is 2.32. The Kier molecular flexibility index (Phi) is 4.19. The zero-order chi connectivity index (χ0) is 14.9. The van der Waals surface area contributed by atoms with E-state index < -0.39 is 11.7 Å². The molecule has 2 atom stereocenters. The van der Waals surface area contributed by atoms with Crippen molar-refractivity contribution >= 4 is 17.4 Å². The van der Waals surface area contributed by atoms with E-state index in [4.69, 9.17) is 5.26 Å². The van der Waals surface area contributed by atoms with Crippen LogP contribution in [0.3, 0.4) is 0 Å². The van der Waals surface area contributed by atoms with Crippen LogP contribution in [0.1, 0.15) is 25.0 Å². The molecule has 2 unspecified atom stereocenters. The molecule has 20 heavy (non-hydrogen) atoms. The topological polar surface area (TPSA) is 27.0 Å². The summed E-state index contributed by atoms with van der Waals surface area (Å²) in [5, 5.41) is 9.91. The summed E-state index contributed by atoms with van der Waals surface area (Å²) in [4.78, 5) is 2.00. The van der Waals surface area contributed by atoms with E-state index in [-0.39, 0.29) is 5.56 Å². The average Bonchev–Trinajstić information content (AvgIpc) is 2.35. The van der Waals surface area contributed by atoms with E-state index in [2.05, 4.69) is 13.8 Å². The van der Waals surface area contributed by atoms with Crippen molar-refractivity contribution in [2.75, 3.05) is 18.0 Å². The number of benzene rings is 1. The maximum atomic E-state index is 12.7. The van der Waals surface area contributed by atoms with Crippen LogP contribution >= 0.6 is 11.8 Å². The molecule has 2 rings (SSSR count). The maximum Gasteiger partial charge on any atom is 0.416 e. The minimum Gasteiger partial charge on any atom is -0.368 e. The Labute approximate surface area is 120 Å². The molecule has 0 bridgehead atoms. The number of hydrogen-bond donors (Lipinski definition) is 0. The van der Waals surface area contributed by atoms with Gasteiger partial charge in [0.05, 0.1) is 16.8 Å². The maximum absolute atomic E-state index is 12.7. The minimum atomic E-state index is -4.41. The van der Waals surface area contributed by atoms with E-state index in [1.54, 1.807) is 0 Å². The summed E-state index contributed by atoms with van der Waals surface area (Å²) in [7, 11) is 0. The van der Waals surface area contributed by atoms with E-state index in [1.165, 1.54) is 6.07 Å². The number of anilines is 1. The lowest BCUT2D eigenvalue weighted by molar-refractivity contribution is -0.137. The number of hydrogen-bond acceptors (Lipinski definition) is 3. The Morgan fingerprint density at radius 2 is 1.85 bits per heavy atom. The third-order valence-corrected chi connectivity index (χ3v) is 4.43. The van der Waals surface area contributed by atoms with Gasteiger partial charge in [-0.1, -0.05) is 13.8 Å². The smallest absolute Gasteiger partial charge is 0.368 e. The van der Waals surface area contributed by atoms with Crippen LogP contribution in [-0.4, -0.2) is 23.6 Å². The third kappa shape index (κ3) is 3.21. The van der Waals surface area contributed by atoms with Gasteiger partial charge in [-0.25, -0.2) is 0 Å². The van der Waals surface area contributed by atoms with Gasteiger partial charge < -0.3 is 4.90 Å². The summed E-state index contributed by atoms with van der Waals surface area (Å²) in [5.74, 6) is 0. The van der Waals surface area contributed by atoms with Crippen LogP contribution in [0.2, 0.25) is 0 Å². The van der Waals surface area contributed by atoms with E-state index in [9.17, 15) is 13.2 Å². The van der Waals surface area contributed by atoms with E-state index in [0.29, 0.717) is 16.2 Å². The number of halogens is 3. The lowest BCUT2D eigenvalue weighted by Gasteiger charge is -2.36. The predicted octanol–water partition coefficient (Wildman–Crippen LogP) is 3.91. The molecule has 0 N–H and O–H groups in total. The highest BCUT2D eigenvalue weighted by molar-refractivity contribution is 8.00. The van der Waals surface area contributed by atoms with Gasteiger partial charge in [-0.05, 0) is 18.2 Å². The minimum absolute atomic E-state index is 0.0890. The fourth-order valence-corrected chi connectivity index (χ4v) is 3.78. The Bertz CT molecular complexity index is 526. The monoisotopic (exact) mass is 300 g/mol. The largest absolute Gasteiger partial charge is 0.416 e. The van der Waals surface area contributed by atoms with Gasteiger partial charge in [-0.15, -0.1) is 0 Å². The van der Waals surface area contributed by atoms with E-state index in [1.807, 2.05) is 22.7 Å². The normalized spacial score (nSPS) is 23.5. The molecule has 1 fully saturated rings. The Balaban J connectivity index is 2.35. The molecular weight excluding hydrogens is 285 g/mol. The van der Waals surface area contributed by atoms with Crippen LogP contribution in [-0.2, 0) is 6.18 Å². The fourth-order valence-electron chi connectivity index (χ4n) is 2.45. The number of nitrogens with zero attached hydrogens (tertiary/aromatic N) is 2. The predicted molar refractivity (Wildman–Crippen MR) is 74.9 cm³/mol. The summed E-state index contributed by atoms with van der Waals surface area (Å²) >= 11 is 1.86. The summed E-state index contributed by atoms with van der Waals surface area (Å²) in [5.41, 5.74) is -0.0871. The Morgan fingerprint density at radius 3 is 2.35 bits per heavy atom. The molecule has 0 radical (unpaired) electrons. The van der Waals surface area contributed by atoms with Crippen molar-refractivity contribution in [2.24, 2.45) is 0 Å². The first-order chi connectivity index (χ1) is 9.31. The molecule has 0 saturated carbocycles. The molecule has 1 saturated heterocycles. The molecule has 1 aromatic rings. The van der Waals surface area contributed by atoms with Gasteiger partial charge in [-0.3, -0.25) is 0 Å². The molecule has 1 aliphatic rings. The highest BCUT2D eigenvalue weighted by atomic mass is 32.2. The molecule has 0 spiro atoms. The van der Waals surface area contributed by atoms with Gasteiger partial charge in [0.2, 0.25) is 0 Å². The van der Waals surface area contributed by atoms with E-state index >= 15 is 0 Å². The second kappa shape index (κ2) is 5.57. The van der Waals surface area contributed by atoms with Crippen molar-refractivity contribution in [1.82, 2.24) is 0 Å². The van der Waals surface area contributed by atoms with Crippen molar-refractivity contribution in [3.8, 4) is 6.07 Å². The standard InChI is InChI=1S/C14H15F3N2S/c1-9-7-19(8-10(2)20-9)13-4-3-12(14(15,16)17)5-11(13)6-18/h3-5,9-10H,7-8H2,1-2H3. The fraction of sp³-hybridized carbons (Fsp3) is 0.500. The summed E-state index contributed by atoms with van der Waals surface area (Å²) in [6.07, 6.45) is -4.41. The summed E-state index contributed by atoms with van der Waals surface area (Å²) in [6, 6.07) is 5.29. The molecule has 1 aromatic carbocycles. The first kappa shape index (κ1) is 15.0. The SMILES string of the molecule is CC1CN(c2ccc(C(F)(F)F)cc2C#N)CC(C)S1. The van der Waals surface area contributed by atoms with Gasteiger partial charge in [0.25, 0.3) is 0 Å². The van der Waals surface area contributed by atoms with Crippen molar-refractivity contribution in [3.63, 3.8) is 0 Å². The zero-order valence-electron chi connectivity index (χ0n) is 11.2. The molecule has 0 aliphatic carbocycles. The van der Waals surface area contributed by atoms with Gasteiger partial charge in [0, 0.05) is 23.6 Å². The van der Waals surface area contributed by atoms with Crippen molar-refractivity contribution in [3.05, 3.63) is 29.3 Å². The molecule has 6 heteroatoms.